The van der Waals surface area contributed by atoms with Crippen LogP contribution in [0.25, 0.3) is 0 Å². The molecular weight excluding hydrogens is 252 g/mol. The molecule has 1 atom stereocenters. The Balaban J connectivity index is 1.93. The number of rotatable bonds is 5. The smallest absolute Gasteiger partial charge is 0.346 e. The molecule has 94 valence electrons. The molecule has 5 heteroatoms. The largest absolute Gasteiger partial charge is 0.490 e. The van der Waals surface area contributed by atoms with Crippen molar-refractivity contribution in [1.29, 1.82) is 0 Å². The summed E-state index contributed by atoms with van der Waals surface area (Å²) >= 11 is 1.10. The Morgan fingerprint density at radius 3 is 2.67 bits per heavy atom. The third-order valence-corrected chi connectivity index (χ3v) is 3.27. The van der Waals surface area contributed by atoms with Gasteiger partial charge in [0.1, 0.15) is 23.3 Å². The van der Waals surface area contributed by atoms with Crippen LogP contribution in [0.15, 0.2) is 41.8 Å². The lowest BCUT2D eigenvalue weighted by molar-refractivity contribution is 0.0701. The van der Waals surface area contributed by atoms with Gasteiger partial charge in [-0.3, -0.25) is 0 Å². The Hall–Kier alpha value is -1.85. The van der Waals surface area contributed by atoms with E-state index >= 15 is 0 Å². The first-order valence-electron chi connectivity index (χ1n) is 5.34. The number of carboxylic acid groups (broad SMARTS) is 1. The first-order chi connectivity index (χ1) is 8.66. The second-order valence-corrected chi connectivity index (χ2v) is 4.60. The summed E-state index contributed by atoms with van der Waals surface area (Å²) in [6.45, 7) is 0.0970. The average Bonchev–Trinajstić information content (AvgIpc) is 2.86. The van der Waals surface area contributed by atoms with E-state index in [2.05, 4.69) is 0 Å². The van der Waals surface area contributed by atoms with E-state index in [1.54, 1.807) is 5.38 Å². The predicted molar refractivity (Wildman–Crippen MR) is 68.2 cm³/mol. The highest BCUT2D eigenvalue weighted by Gasteiger charge is 2.10. The van der Waals surface area contributed by atoms with Crippen LogP contribution in [0.1, 0.15) is 21.3 Å². The number of carbonyl (C=O) groups is 1. The summed E-state index contributed by atoms with van der Waals surface area (Å²) in [4.78, 5) is 10.9. The highest BCUT2D eigenvalue weighted by molar-refractivity contribution is 7.12. The highest BCUT2D eigenvalue weighted by Crippen LogP contribution is 2.23. The lowest BCUT2D eigenvalue weighted by atomic mass is 10.1. The van der Waals surface area contributed by atoms with E-state index in [1.807, 2.05) is 30.3 Å². The molecule has 4 nitrogen and oxygen atoms in total. The fraction of sp³-hybridized carbons (Fsp3) is 0.154. The molecule has 0 saturated heterocycles. The molecule has 0 spiro atoms. The minimum atomic E-state index is -0.974. The van der Waals surface area contributed by atoms with Gasteiger partial charge in [0.2, 0.25) is 0 Å². The highest BCUT2D eigenvalue weighted by atomic mass is 32.1. The minimum Gasteiger partial charge on any atom is -0.490 e. The molecule has 18 heavy (non-hydrogen) atoms. The van der Waals surface area contributed by atoms with E-state index in [9.17, 15) is 9.90 Å². The molecule has 0 radical (unpaired) electrons. The number of aliphatic hydroxyl groups is 1. The number of aromatic carboxylic acids is 1. The van der Waals surface area contributed by atoms with Crippen molar-refractivity contribution in [2.75, 3.05) is 6.61 Å². The summed E-state index contributed by atoms with van der Waals surface area (Å²) < 4.78 is 5.35. The van der Waals surface area contributed by atoms with Crippen molar-refractivity contribution in [3.8, 4) is 5.75 Å². The second kappa shape index (κ2) is 5.66. The van der Waals surface area contributed by atoms with Crippen molar-refractivity contribution in [3.05, 3.63) is 52.2 Å². The number of ether oxygens (including phenoxy) is 1. The van der Waals surface area contributed by atoms with E-state index in [4.69, 9.17) is 9.84 Å². The van der Waals surface area contributed by atoms with E-state index in [1.165, 1.54) is 6.07 Å². The van der Waals surface area contributed by atoms with E-state index in [0.29, 0.717) is 5.75 Å². The van der Waals surface area contributed by atoms with Gasteiger partial charge >= 0.3 is 5.97 Å². The monoisotopic (exact) mass is 264 g/mol. The van der Waals surface area contributed by atoms with Crippen molar-refractivity contribution in [2.45, 2.75) is 6.10 Å². The van der Waals surface area contributed by atoms with Crippen molar-refractivity contribution in [1.82, 2.24) is 0 Å². The number of hydrogen-bond donors (Lipinski definition) is 2. The van der Waals surface area contributed by atoms with Gasteiger partial charge in [0.05, 0.1) is 0 Å². The molecule has 0 aliphatic rings. The maximum Gasteiger partial charge on any atom is 0.346 e. The van der Waals surface area contributed by atoms with Gasteiger partial charge in [-0.15, -0.1) is 11.3 Å². The molecule has 1 aromatic carbocycles. The van der Waals surface area contributed by atoms with Crippen LogP contribution in [0.4, 0.5) is 0 Å². The minimum absolute atomic E-state index is 0.0970. The van der Waals surface area contributed by atoms with Crippen molar-refractivity contribution >= 4 is 17.3 Å². The van der Waals surface area contributed by atoms with Crippen molar-refractivity contribution in [3.63, 3.8) is 0 Å². The average molecular weight is 264 g/mol. The maximum atomic E-state index is 10.7. The van der Waals surface area contributed by atoms with Gasteiger partial charge in [-0.05, 0) is 5.56 Å². The van der Waals surface area contributed by atoms with Crippen LogP contribution in [0.2, 0.25) is 0 Å². The molecule has 0 saturated carbocycles. The van der Waals surface area contributed by atoms with Crippen LogP contribution >= 0.6 is 11.3 Å². The van der Waals surface area contributed by atoms with Gasteiger partial charge in [0.15, 0.2) is 0 Å². The Bertz CT molecular complexity index is 521. The molecule has 0 amide bonds. The van der Waals surface area contributed by atoms with E-state index in [-0.39, 0.29) is 11.5 Å². The quantitative estimate of drug-likeness (QED) is 0.871. The fourth-order valence-electron chi connectivity index (χ4n) is 1.45. The van der Waals surface area contributed by atoms with Crippen LogP contribution in [0.3, 0.4) is 0 Å². The Morgan fingerprint density at radius 2 is 2.06 bits per heavy atom. The van der Waals surface area contributed by atoms with Gasteiger partial charge in [-0.25, -0.2) is 4.79 Å². The molecule has 0 aliphatic heterocycles. The summed E-state index contributed by atoms with van der Waals surface area (Å²) in [7, 11) is 0. The van der Waals surface area contributed by atoms with Gasteiger partial charge < -0.3 is 14.9 Å². The number of hydrogen-bond acceptors (Lipinski definition) is 4. The molecule has 1 aromatic heterocycles. The van der Waals surface area contributed by atoms with Crippen molar-refractivity contribution in [2.24, 2.45) is 0 Å². The van der Waals surface area contributed by atoms with Crippen LogP contribution in [0.5, 0.6) is 5.75 Å². The summed E-state index contributed by atoms with van der Waals surface area (Å²) in [5, 5.41) is 20.2. The molecule has 1 unspecified atom stereocenters. The fourth-order valence-corrected chi connectivity index (χ4v) is 2.12. The summed E-state index contributed by atoms with van der Waals surface area (Å²) in [6.07, 6.45) is -0.723. The number of aliphatic hydroxyl groups excluding tert-OH is 1. The number of benzene rings is 1. The van der Waals surface area contributed by atoms with Crippen LogP contribution < -0.4 is 4.74 Å². The molecule has 2 N–H and O–H groups in total. The molecule has 2 aromatic rings. The standard InChI is InChI=1S/C13H12O4S/c14-11(9-4-2-1-3-5-9)7-17-10-6-12(13(15)16)18-8-10/h1-6,8,11,14H,7H2,(H,15,16). The zero-order chi connectivity index (χ0) is 13.0. The zero-order valence-corrected chi connectivity index (χ0v) is 10.3. The SMILES string of the molecule is O=C(O)c1cc(OCC(O)c2ccccc2)cs1. The van der Waals surface area contributed by atoms with E-state index < -0.39 is 12.1 Å². The van der Waals surface area contributed by atoms with Crippen LogP contribution in [-0.2, 0) is 0 Å². The van der Waals surface area contributed by atoms with Crippen LogP contribution in [0, 0.1) is 0 Å². The lowest BCUT2D eigenvalue weighted by Crippen LogP contribution is -2.09. The topological polar surface area (TPSA) is 66.8 Å². The third kappa shape index (κ3) is 3.09. The zero-order valence-electron chi connectivity index (χ0n) is 9.45. The Morgan fingerprint density at radius 1 is 1.33 bits per heavy atom. The third-order valence-electron chi connectivity index (χ3n) is 2.38. The number of carboxylic acids is 1. The van der Waals surface area contributed by atoms with Crippen LogP contribution in [-0.4, -0.2) is 22.8 Å². The first kappa shape index (κ1) is 12.6. The summed E-state index contributed by atoms with van der Waals surface area (Å²) in [5.41, 5.74) is 0.770. The summed E-state index contributed by atoms with van der Waals surface area (Å²) in [5.74, 6) is -0.508. The second-order valence-electron chi connectivity index (χ2n) is 3.69. The summed E-state index contributed by atoms with van der Waals surface area (Å²) in [6, 6.07) is 10.6. The van der Waals surface area contributed by atoms with Gasteiger partial charge in [0, 0.05) is 11.4 Å². The molecule has 0 bridgehead atoms. The van der Waals surface area contributed by atoms with E-state index in [0.717, 1.165) is 16.9 Å². The van der Waals surface area contributed by atoms with Gasteiger partial charge in [0.25, 0.3) is 0 Å². The normalized spacial score (nSPS) is 12.1. The first-order valence-corrected chi connectivity index (χ1v) is 6.22. The number of thiophene rings is 1. The van der Waals surface area contributed by atoms with Gasteiger partial charge in [-0.2, -0.15) is 0 Å². The Kier molecular flexibility index (Phi) is 3.96. The molecule has 2 rings (SSSR count). The maximum absolute atomic E-state index is 10.7. The molecular formula is C13H12O4S. The molecule has 0 fully saturated rings. The molecule has 0 aliphatic carbocycles. The molecule has 1 heterocycles. The van der Waals surface area contributed by atoms with Gasteiger partial charge in [-0.1, -0.05) is 30.3 Å². The Labute approximate surface area is 108 Å². The van der Waals surface area contributed by atoms with Crippen molar-refractivity contribution < 1.29 is 19.7 Å². The lowest BCUT2D eigenvalue weighted by Gasteiger charge is -2.11. The predicted octanol–water partition coefficient (Wildman–Crippen LogP) is 2.56.